The van der Waals surface area contributed by atoms with Crippen molar-refractivity contribution in [2.24, 2.45) is 4.99 Å². The standard InChI is InChI=1S/C40H73N5O8PSi3/c1-19-45(20-2,21-3)53-54(46,49-30-25-23-22-24-26-30)50-36-32-35(41-28-42-36)44(29-43-32)37-34(52-57(17,18)40(10,11)12)33(51-56(15,16)39(7,8)9)31(48-37)27-47-55(13,14)38(4,5)6/h22-26,28-29,31,33-34,37H,19-21,27H2,1-18H3/q+2/t31-,33-,34-,37-,54?/m1/s1. The van der Waals surface area contributed by atoms with E-state index in [0.717, 1.165) is 0 Å². The SMILES string of the molecule is CC[N+](CC)(CC)O[P+]([O-])(OC1=NC=[N+]c2c1ncn2[C@@H]1O[C@H](CO[Si](C)(C)C(C)(C)C)[C@@H](O[Si](C)(C)C(C)(C)C)[C@H]1O[Si](C)(C)C(C)(C)C)Oc1ccccc1. The molecule has 1 aromatic carbocycles. The molecular weight excluding hydrogens is 794 g/mol. The van der Waals surface area contributed by atoms with Crippen molar-refractivity contribution in [1.82, 2.24) is 14.5 Å². The first-order chi connectivity index (χ1) is 26.0. The summed E-state index contributed by atoms with van der Waals surface area (Å²) in [5.41, 5.74) is 0.276. The molecule has 0 aliphatic carbocycles. The molecule has 0 bridgehead atoms. The Morgan fingerprint density at radius 1 is 0.789 bits per heavy atom. The molecule has 1 fully saturated rings. The molecule has 2 aliphatic rings. The smallest absolute Gasteiger partial charge is 0.539 e. The minimum atomic E-state index is -4.36. The van der Waals surface area contributed by atoms with Crippen LogP contribution in [0.1, 0.15) is 95.0 Å². The first-order valence-corrected chi connectivity index (χ1v) is 30.7. The van der Waals surface area contributed by atoms with Crippen molar-refractivity contribution in [2.45, 2.75) is 162 Å². The van der Waals surface area contributed by atoms with Gasteiger partial charge in [-0.05, 0) is 87.3 Å². The van der Waals surface area contributed by atoms with Crippen molar-refractivity contribution in [2.75, 3.05) is 26.2 Å². The molecule has 17 heteroatoms. The molecule has 4 rings (SSSR count). The maximum Gasteiger partial charge on any atom is 0.539 e. The van der Waals surface area contributed by atoms with Crippen LogP contribution in [0.3, 0.4) is 0 Å². The number of quaternary nitrogens is 1. The predicted octanol–water partition coefficient (Wildman–Crippen LogP) is 9.28. The zero-order valence-electron chi connectivity index (χ0n) is 38.1. The molecule has 0 saturated carbocycles. The third-order valence-corrected chi connectivity index (χ3v) is 27.8. The normalized spacial score (nSPS) is 22.3. The van der Waals surface area contributed by atoms with Crippen LogP contribution in [0.25, 0.3) is 0 Å². The quantitative estimate of drug-likeness (QED) is 0.0701. The van der Waals surface area contributed by atoms with Gasteiger partial charge in [0.1, 0.15) is 37.9 Å². The van der Waals surface area contributed by atoms with Crippen LogP contribution in [0.5, 0.6) is 5.75 Å². The van der Waals surface area contributed by atoms with Gasteiger partial charge in [0.15, 0.2) is 37.0 Å². The Kier molecular flexibility index (Phi) is 14.5. The highest BCUT2D eigenvalue weighted by Gasteiger charge is 2.58. The molecule has 57 heavy (non-hydrogen) atoms. The van der Waals surface area contributed by atoms with Crippen LogP contribution in [0.2, 0.25) is 54.4 Å². The lowest BCUT2D eigenvalue weighted by atomic mass is 10.1. The third-order valence-electron chi connectivity index (χ3n) is 12.9. The summed E-state index contributed by atoms with van der Waals surface area (Å²) in [6.45, 7) is 41.6. The van der Waals surface area contributed by atoms with E-state index >= 15 is 0 Å². The van der Waals surface area contributed by atoms with E-state index in [0.29, 0.717) is 37.8 Å². The molecule has 0 amide bonds. The summed E-state index contributed by atoms with van der Waals surface area (Å²) in [5.74, 6) is 0.715. The second kappa shape index (κ2) is 17.3. The van der Waals surface area contributed by atoms with Gasteiger partial charge in [0.25, 0.3) is 6.34 Å². The monoisotopic (exact) mass is 866 g/mol. The first kappa shape index (κ1) is 47.8. The summed E-state index contributed by atoms with van der Waals surface area (Å²) >= 11 is 0. The summed E-state index contributed by atoms with van der Waals surface area (Å²) in [4.78, 5) is 28.6. The Balaban J connectivity index is 1.82. The van der Waals surface area contributed by atoms with Crippen LogP contribution in [-0.4, -0.2) is 95.9 Å². The molecule has 2 aliphatic heterocycles. The second-order valence-corrected chi connectivity index (χ2v) is 35.6. The van der Waals surface area contributed by atoms with E-state index in [-0.39, 0.29) is 31.4 Å². The average molecular weight is 867 g/mol. The van der Waals surface area contributed by atoms with E-state index in [9.17, 15) is 4.89 Å². The van der Waals surface area contributed by atoms with Gasteiger partial charge in [0.05, 0.1) is 6.61 Å². The van der Waals surface area contributed by atoms with Crippen molar-refractivity contribution in [3.05, 3.63) is 42.4 Å². The first-order valence-electron chi connectivity index (χ1n) is 20.5. The summed E-state index contributed by atoms with van der Waals surface area (Å²) in [6, 6.07) is 8.85. The van der Waals surface area contributed by atoms with Gasteiger partial charge in [-0.25, -0.2) is 14.1 Å². The Hall–Kier alpha value is -1.83. The molecule has 0 spiro atoms. The molecule has 321 valence electrons. The van der Waals surface area contributed by atoms with E-state index < -0.39 is 57.7 Å². The number of imidazole rings is 1. The number of nitrogens with zero attached hydrogens (tertiary/aromatic N) is 5. The van der Waals surface area contributed by atoms with Gasteiger partial charge in [-0.2, -0.15) is 0 Å². The Morgan fingerprint density at radius 2 is 1.32 bits per heavy atom. The predicted molar refractivity (Wildman–Crippen MR) is 236 cm³/mol. The highest BCUT2D eigenvalue weighted by molar-refractivity contribution is 7.54. The number of phosphoric acid groups is 1. The molecule has 1 saturated heterocycles. The van der Waals surface area contributed by atoms with Crippen LogP contribution in [-0.2, 0) is 27.2 Å². The van der Waals surface area contributed by atoms with Crippen molar-refractivity contribution in [3.8, 4) is 5.75 Å². The number of fused-ring (bicyclic) bond motifs is 1. The molecule has 1 radical (unpaired) electrons. The Morgan fingerprint density at radius 3 is 1.82 bits per heavy atom. The van der Waals surface area contributed by atoms with E-state index in [2.05, 4.69) is 107 Å². The number of benzene rings is 1. The minimum Gasteiger partial charge on any atom is -0.586 e. The largest absolute Gasteiger partial charge is 0.586 e. The topological polar surface area (TPSA) is 132 Å². The molecule has 2 aromatic rings. The fourth-order valence-electron chi connectivity index (χ4n) is 5.78. The fourth-order valence-corrected chi connectivity index (χ4v) is 11.0. The van der Waals surface area contributed by atoms with Gasteiger partial charge in [0.2, 0.25) is 11.9 Å². The molecule has 0 N–H and O–H groups in total. The van der Waals surface area contributed by atoms with Crippen molar-refractivity contribution >= 4 is 51.2 Å². The summed E-state index contributed by atoms with van der Waals surface area (Å²) in [7, 11) is -11.3. The van der Waals surface area contributed by atoms with Crippen LogP contribution in [0.4, 0.5) is 5.82 Å². The number of hydrogen-bond donors (Lipinski definition) is 0. The van der Waals surface area contributed by atoms with Gasteiger partial charge < -0.3 is 22.9 Å². The van der Waals surface area contributed by atoms with Gasteiger partial charge >= 0.3 is 19.9 Å². The zero-order valence-corrected chi connectivity index (χ0v) is 42.0. The number of rotatable bonds is 16. The van der Waals surface area contributed by atoms with Crippen LogP contribution in [0.15, 0.2) is 41.7 Å². The molecule has 5 atom stereocenters. The number of aromatic nitrogens is 2. The highest BCUT2D eigenvalue weighted by Crippen LogP contribution is 2.57. The summed E-state index contributed by atoms with van der Waals surface area (Å²) < 4.78 is 49.2. The highest BCUT2D eigenvalue weighted by atomic mass is 31.2. The minimum absolute atomic E-state index is 0.00298. The fraction of sp³-hybridized carbons (Fsp3) is 0.725. The number of hydroxylamine groups is 3. The lowest BCUT2D eigenvalue weighted by molar-refractivity contribution is -1.08. The van der Waals surface area contributed by atoms with Crippen molar-refractivity contribution in [1.29, 1.82) is 0 Å². The molecular formula is C40H73N5O8PSi3+2. The van der Waals surface area contributed by atoms with Crippen LogP contribution in [0, 0.1) is 0 Å². The van der Waals surface area contributed by atoms with E-state index in [1.165, 1.54) is 6.34 Å². The average Bonchev–Trinajstić information content (AvgIpc) is 3.66. The Bertz CT molecular complexity index is 1710. The van der Waals surface area contributed by atoms with Gasteiger partial charge in [-0.3, -0.25) is 4.52 Å². The Labute approximate surface area is 347 Å². The van der Waals surface area contributed by atoms with E-state index in [4.69, 9.17) is 41.7 Å². The van der Waals surface area contributed by atoms with Crippen LogP contribution < -0.4 is 14.4 Å². The summed E-state index contributed by atoms with van der Waals surface area (Å²) in [6.07, 6.45) is 0.915. The van der Waals surface area contributed by atoms with E-state index in [1.807, 2.05) is 31.4 Å². The molecule has 1 aromatic heterocycles. The molecule has 1 unspecified atom stereocenters. The van der Waals surface area contributed by atoms with Crippen LogP contribution >= 0.6 is 8.17 Å². The number of para-hydroxylation sites is 1. The number of aliphatic imine (C=N–C) groups is 2. The zero-order chi connectivity index (χ0) is 43.0. The van der Waals surface area contributed by atoms with Crippen molar-refractivity contribution < 1.29 is 41.2 Å². The second-order valence-electron chi connectivity index (χ2n) is 19.9. The summed E-state index contributed by atoms with van der Waals surface area (Å²) in [5, 5.41) is -0.165. The lowest BCUT2D eigenvalue weighted by Gasteiger charge is -2.44. The van der Waals surface area contributed by atoms with Gasteiger partial charge in [-0.15, -0.1) is 4.65 Å². The van der Waals surface area contributed by atoms with Gasteiger partial charge in [0, 0.05) is 4.62 Å². The van der Waals surface area contributed by atoms with E-state index in [1.54, 1.807) is 30.6 Å². The number of ether oxygens (including phenoxy) is 1. The van der Waals surface area contributed by atoms with Crippen molar-refractivity contribution in [3.63, 3.8) is 0 Å². The lowest BCUT2D eigenvalue weighted by Crippen LogP contribution is -2.54. The third kappa shape index (κ3) is 10.7. The number of phosphoric ester groups is 1. The maximum absolute atomic E-state index is 14.7. The molecule has 3 heterocycles. The maximum atomic E-state index is 14.7. The number of hydrogen-bond acceptors (Lipinski definition) is 11. The molecule has 13 nitrogen and oxygen atoms in total. The van der Waals surface area contributed by atoms with Gasteiger partial charge in [-0.1, -0.05) is 90.5 Å².